The van der Waals surface area contributed by atoms with Crippen LogP contribution in [0.1, 0.15) is 0 Å². The summed E-state index contributed by atoms with van der Waals surface area (Å²) >= 11 is 0. The minimum atomic E-state index is -3.36. The first-order chi connectivity index (χ1) is 2.21. The molecule has 0 aromatic carbocycles. The smallest absolute Gasteiger partial charge is 0 e. The zero-order chi connectivity index (χ0) is 3.91. The van der Waals surface area contributed by atoms with Crippen LogP contribution in [0.3, 0.4) is 0 Å². The van der Waals surface area contributed by atoms with Crippen molar-refractivity contribution < 1.29 is 37.7 Å². The third-order valence-electron chi connectivity index (χ3n) is 0.232. The minimum Gasteiger partial charge on any atom is 0 e. The average molecular weight is 149 g/mol. The van der Waals surface area contributed by atoms with Gasteiger partial charge in [0, 0.05) is 18.6 Å². The van der Waals surface area contributed by atoms with Crippen LogP contribution in [0, 0.1) is 0 Å². The third-order valence-corrected chi connectivity index (χ3v) is 0.697. The molecule has 6 heteroatoms. The fourth-order valence-corrected chi connectivity index (χ4v) is 0.335. The molecular formula is H3O4PV. The van der Waals surface area contributed by atoms with E-state index in [1.54, 1.807) is 0 Å². The van der Waals surface area contributed by atoms with Gasteiger partial charge >= 0.3 is 27.3 Å². The van der Waals surface area contributed by atoms with Gasteiger partial charge in [-0.25, -0.2) is 0 Å². The Balaban J connectivity index is 0.000000250. The molecule has 0 amide bonds. The Hall–Kier alpha value is 0.854. The van der Waals surface area contributed by atoms with E-state index in [1.165, 1.54) is 0 Å². The second-order valence-electron chi connectivity index (χ2n) is 0.715. The molecule has 0 atom stereocenters. The summed E-state index contributed by atoms with van der Waals surface area (Å²) in [4.78, 5) is 15.8. The van der Waals surface area contributed by atoms with Gasteiger partial charge in [-0.05, 0) is 0 Å². The molecule has 4 nitrogen and oxygen atoms in total. The molecular weight excluding hydrogens is 146 g/mol. The predicted molar refractivity (Wildman–Crippen MR) is 14.9 cm³/mol. The maximum Gasteiger partial charge on any atom is 0 e. The van der Waals surface area contributed by atoms with Gasteiger partial charge in [-0.1, -0.05) is 0 Å². The second kappa shape index (κ2) is 1.76. The number of hydrogen-bond donors (Lipinski definition) is 2. The SMILES string of the molecule is O[PH]1(O)OO1.[V]. The fourth-order valence-electron chi connectivity index (χ4n) is 0.0373. The van der Waals surface area contributed by atoms with Gasteiger partial charge < -0.3 is 0 Å². The number of rotatable bonds is 0. The Bertz CT molecular complexity index is 45.5. The molecule has 0 spiro atoms. The Morgan fingerprint density at radius 1 is 1.17 bits per heavy atom. The van der Waals surface area contributed by atoms with E-state index < -0.39 is 8.17 Å². The molecule has 1 rings (SSSR count). The molecule has 0 saturated carbocycles. The predicted octanol–water partition coefficient (Wildman–Crippen LogP) is -0.660. The molecule has 0 bridgehead atoms. The molecule has 0 aromatic heterocycles. The number of hydrogen-bond acceptors (Lipinski definition) is 4. The van der Waals surface area contributed by atoms with Gasteiger partial charge in [0.05, 0.1) is 0 Å². The van der Waals surface area contributed by atoms with Crippen molar-refractivity contribution in [3.63, 3.8) is 0 Å². The van der Waals surface area contributed by atoms with E-state index in [0.717, 1.165) is 0 Å². The zero-order valence-corrected chi connectivity index (χ0v) is 5.05. The standard InChI is InChI=1S/H3O4P.V/c1-5(2)3-4-5;/h1-2,5H;. The summed E-state index contributed by atoms with van der Waals surface area (Å²) in [6, 6.07) is 0. The third kappa shape index (κ3) is 2.10. The van der Waals surface area contributed by atoms with Gasteiger partial charge in [0.25, 0.3) is 0 Å². The van der Waals surface area contributed by atoms with Crippen LogP contribution < -0.4 is 0 Å². The average Bonchev–Trinajstić information content (AvgIpc) is 1.76. The molecule has 2 N–H and O–H groups in total. The van der Waals surface area contributed by atoms with Crippen LogP contribution in [-0.2, 0) is 27.9 Å². The van der Waals surface area contributed by atoms with Gasteiger partial charge in [-0.2, -0.15) is 0 Å². The van der Waals surface area contributed by atoms with E-state index >= 15 is 0 Å². The van der Waals surface area contributed by atoms with Crippen LogP contribution in [0.25, 0.3) is 0 Å². The first kappa shape index (κ1) is 6.85. The molecule has 1 saturated heterocycles. The Morgan fingerprint density at radius 3 is 1.33 bits per heavy atom. The molecule has 0 aromatic rings. The van der Waals surface area contributed by atoms with Crippen molar-refractivity contribution >= 4 is 8.17 Å². The summed E-state index contributed by atoms with van der Waals surface area (Å²) in [6.07, 6.45) is 0. The van der Waals surface area contributed by atoms with Crippen molar-refractivity contribution in [3.8, 4) is 0 Å². The molecule has 1 fully saturated rings. The van der Waals surface area contributed by atoms with Crippen LogP contribution in [0.5, 0.6) is 0 Å². The van der Waals surface area contributed by atoms with Crippen molar-refractivity contribution in [1.29, 1.82) is 0 Å². The summed E-state index contributed by atoms with van der Waals surface area (Å²) in [5.74, 6) is 0. The maximum absolute atomic E-state index is 7.88. The normalized spacial score (nSPS) is 30.3. The summed E-state index contributed by atoms with van der Waals surface area (Å²) in [7, 11) is -3.36. The van der Waals surface area contributed by atoms with Crippen LogP contribution in [-0.4, -0.2) is 9.79 Å². The molecule has 6 heavy (non-hydrogen) atoms. The van der Waals surface area contributed by atoms with E-state index in [4.69, 9.17) is 9.79 Å². The van der Waals surface area contributed by atoms with Crippen LogP contribution in [0.15, 0.2) is 0 Å². The summed E-state index contributed by atoms with van der Waals surface area (Å²) in [5.41, 5.74) is 0. The first-order valence-electron chi connectivity index (χ1n) is 1.02. The van der Waals surface area contributed by atoms with Crippen LogP contribution >= 0.6 is 8.17 Å². The van der Waals surface area contributed by atoms with Gasteiger partial charge in [0.15, 0.2) is 0 Å². The topological polar surface area (TPSA) is 65.5 Å². The molecule has 37 valence electrons. The maximum atomic E-state index is 7.88. The van der Waals surface area contributed by atoms with E-state index in [2.05, 4.69) is 9.35 Å². The summed E-state index contributed by atoms with van der Waals surface area (Å²) < 4.78 is 7.29. The van der Waals surface area contributed by atoms with Crippen molar-refractivity contribution in [3.05, 3.63) is 0 Å². The Morgan fingerprint density at radius 2 is 1.33 bits per heavy atom. The monoisotopic (exact) mass is 149 g/mol. The van der Waals surface area contributed by atoms with Gasteiger partial charge in [0.1, 0.15) is 0 Å². The van der Waals surface area contributed by atoms with Gasteiger partial charge in [-0.3, -0.25) is 0 Å². The Kier molecular flexibility index (Phi) is 2.01. The molecule has 0 aliphatic carbocycles. The molecule has 1 heterocycles. The Labute approximate surface area is 46.6 Å². The molecule has 1 aliphatic rings. The first-order valence-corrected chi connectivity index (χ1v) is 2.73. The van der Waals surface area contributed by atoms with Crippen LogP contribution in [0.2, 0.25) is 0 Å². The largest absolute Gasteiger partial charge is 0 e. The second-order valence-corrected chi connectivity index (χ2v) is 2.15. The zero-order valence-electron chi connectivity index (χ0n) is 2.66. The summed E-state index contributed by atoms with van der Waals surface area (Å²) in [6.45, 7) is 0. The summed E-state index contributed by atoms with van der Waals surface area (Å²) in [5, 5.41) is 0. The quantitative estimate of drug-likeness (QED) is 0.272. The fraction of sp³-hybridized carbons (Fsp3) is 0. The molecule has 1 radical (unpaired) electrons. The van der Waals surface area contributed by atoms with E-state index in [-0.39, 0.29) is 18.6 Å². The van der Waals surface area contributed by atoms with Gasteiger partial charge in [-0.15, -0.1) is 0 Å². The van der Waals surface area contributed by atoms with Crippen molar-refractivity contribution in [2.45, 2.75) is 0 Å². The van der Waals surface area contributed by atoms with Crippen molar-refractivity contribution in [2.24, 2.45) is 0 Å². The minimum absolute atomic E-state index is 0. The van der Waals surface area contributed by atoms with E-state index in [1.807, 2.05) is 0 Å². The molecule has 0 unspecified atom stereocenters. The van der Waals surface area contributed by atoms with E-state index in [9.17, 15) is 0 Å². The van der Waals surface area contributed by atoms with Crippen molar-refractivity contribution in [2.75, 3.05) is 0 Å². The van der Waals surface area contributed by atoms with Gasteiger partial charge in [0.2, 0.25) is 0 Å². The molecule has 1 aliphatic heterocycles. The van der Waals surface area contributed by atoms with Crippen LogP contribution in [0.4, 0.5) is 0 Å². The van der Waals surface area contributed by atoms with E-state index in [0.29, 0.717) is 0 Å². The van der Waals surface area contributed by atoms with Crippen molar-refractivity contribution in [1.82, 2.24) is 0 Å².